The van der Waals surface area contributed by atoms with Gasteiger partial charge in [-0.3, -0.25) is 24.0 Å². The van der Waals surface area contributed by atoms with Crippen LogP contribution in [0, 0.1) is 27.6 Å². The van der Waals surface area contributed by atoms with Gasteiger partial charge in [0.15, 0.2) is 11.5 Å². The van der Waals surface area contributed by atoms with Gasteiger partial charge < -0.3 is 24.1 Å². The molecule has 8 atom stereocenters. The minimum absolute atomic E-state index is 0.0453. The second kappa shape index (κ2) is 11.8. The zero-order valence-electron chi connectivity index (χ0n) is 31.4. The lowest BCUT2D eigenvalue weighted by atomic mass is 9.38. The first-order valence-electron chi connectivity index (χ1n) is 18.1. The molecule has 1 saturated heterocycles. The number of hydrogen-bond acceptors (Lipinski definition) is 10. The summed E-state index contributed by atoms with van der Waals surface area (Å²) in [6.07, 6.45) is 9.28. The lowest BCUT2D eigenvalue weighted by Gasteiger charge is -2.64. The molecule has 10 nitrogen and oxygen atoms in total. The molecule has 1 spiro atoms. The summed E-state index contributed by atoms with van der Waals surface area (Å²) in [6.45, 7) is 14.6. The molecular weight excluding hydrogens is 676 g/mol. The Hall–Kier alpha value is -4.83. The fourth-order valence-corrected chi connectivity index (χ4v) is 11.1. The van der Waals surface area contributed by atoms with Gasteiger partial charge in [-0.1, -0.05) is 55.8 Å². The van der Waals surface area contributed by atoms with Gasteiger partial charge >= 0.3 is 5.97 Å². The van der Waals surface area contributed by atoms with Gasteiger partial charge in [0.05, 0.1) is 29.5 Å². The van der Waals surface area contributed by atoms with Gasteiger partial charge in [0.1, 0.15) is 17.5 Å². The van der Waals surface area contributed by atoms with Crippen LogP contribution in [0.15, 0.2) is 88.0 Å². The number of furan rings is 1. The van der Waals surface area contributed by atoms with Crippen LogP contribution in [0.2, 0.25) is 0 Å². The molecule has 1 aromatic carbocycles. The standard InChI is InChI=1S/C28H32O7.C15H14O3/c1-14(29)34-17-12-26(5)16(15-8-10-33-13-15)11-19-28(26,35-19)27(6)21(17)25(4)9-7-18(30)24(2,3)22(25)20(31)23(27)32;1-9(2)7-8-12-13(16)10-5-3-4-6-11(10)14(17)15(12)18/h7-10,13,16-17,19,21,31H,11-12H2,1-6H3;3-7,16H,8H2,1-2H3. The van der Waals surface area contributed by atoms with Gasteiger partial charge in [-0.25, -0.2) is 0 Å². The topological polar surface area (TPSA) is 161 Å². The van der Waals surface area contributed by atoms with Crippen LogP contribution < -0.4 is 0 Å². The molecule has 2 saturated carbocycles. The Morgan fingerprint density at radius 1 is 0.943 bits per heavy atom. The van der Waals surface area contributed by atoms with Gasteiger partial charge in [0.2, 0.25) is 17.3 Å². The minimum Gasteiger partial charge on any atom is -0.507 e. The van der Waals surface area contributed by atoms with Crippen molar-refractivity contribution in [2.75, 3.05) is 0 Å². The second-order valence-corrected chi connectivity index (χ2v) is 16.8. The highest BCUT2D eigenvalue weighted by molar-refractivity contribution is 6.52. The molecule has 8 unspecified atom stereocenters. The van der Waals surface area contributed by atoms with Crippen molar-refractivity contribution in [1.82, 2.24) is 0 Å². The third-order valence-corrected chi connectivity index (χ3v) is 13.3. The van der Waals surface area contributed by atoms with E-state index in [1.807, 2.05) is 39.8 Å². The Kier molecular flexibility index (Phi) is 8.16. The molecule has 6 aliphatic rings. The van der Waals surface area contributed by atoms with Crippen LogP contribution in [-0.4, -0.2) is 57.1 Å². The Balaban J connectivity index is 0.000000204. The number of carbonyl (C=O) groups excluding carboxylic acids is 5. The normalized spacial score (nSPS) is 36.0. The first-order valence-corrected chi connectivity index (χ1v) is 18.1. The maximum atomic E-state index is 14.3. The molecule has 8 rings (SSSR count). The monoisotopic (exact) mass is 722 g/mol. The van der Waals surface area contributed by atoms with E-state index < -0.39 is 62.6 Å². The fourth-order valence-electron chi connectivity index (χ4n) is 11.1. The third-order valence-electron chi connectivity index (χ3n) is 13.3. The van der Waals surface area contributed by atoms with Crippen molar-refractivity contribution in [2.24, 2.45) is 27.6 Å². The number of epoxide rings is 1. The third kappa shape index (κ3) is 4.76. The zero-order chi connectivity index (χ0) is 38.6. The van der Waals surface area contributed by atoms with Crippen LogP contribution in [0.25, 0.3) is 5.76 Å². The molecule has 10 heteroatoms. The molecule has 53 heavy (non-hydrogen) atoms. The van der Waals surface area contributed by atoms with Gasteiger partial charge in [-0.05, 0) is 83.1 Å². The lowest BCUT2D eigenvalue weighted by molar-refractivity contribution is -0.200. The smallest absolute Gasteiger partial charge is 0.302 e. The number of aliphatic hydroxyl groups excluding tert-OH is 2. The van der Waals surface area contributed by atoms with E-state index in [0.29, 0.717) is 24.0 Å². The van der Waals surface area contributed by atoms with Gasteiger partial charge in [-0.15, -0.1) is 0 Å². The number of aliphatic hydroxyl groups is 2. The van der Waals surface area contributed by atoms with Crippen molar-refractivity contribution in [3.05, 3.63) is 100 Å². The summed E-state index contributed by atoms with van der Waals surface area (Å²) < 4.78 is 17.9. The Bertz CT molecular complexity index is 2110. The lowest BCUT2D eigenvalue weighted by Crippen LogP contribution is -2.70. The molecule has 278 valence electrons. The molecule has 2 heterocycles. The van der Waals surface area contributed by atoms with E-state index in [1.165, 1.54) is 6.92 Å². The van der Waals surface area contributed by atoms with E-state index in [9.17, 15) is 34.2 Å². The Morgan fingerprint density at radius 2 is 1.62 bits per heavy atom. The van der Waals surface area contributed by atoms with Crippen molar-refractivity contribution in [3.8, 4) is 0 Å². The minimum atomic E-state index is -1.17. The van der Waals surface area contributed by atoms with Crippen LogP contribution in [0.1, 0.15) is 102 Å². The van der Waals surface area contributed by atoms with Crippen molar-refractivity contribution in [3.63, 3.8) is 0 Å². The number of Topliss-reactive ketones (excluding diaryl/α,β-unsaturated/α-hetero) is 3. The summed E-state index contributed by atoms with van der Waals surface area (Å²) in [5.74, 6) is -3.06. The number of hydrogen-bond donors (Lipinski definition) is 2. The summed E-state index contributed by atoms with van der Waals surface area (Å²) >= 11 is 0. The van der Waals surface area contributed by atoms with E-state index >= 15 is 0 Å². The van der Waals surface area contributed by atoms with E-state index in [-0.39, 0.29) is 46.9 Å². The van der Waals surface area contributed by atoms with E-state index in [0.717, 1.165) is 11.1 Å². The van der Waals surface area contributed by atoms with Crippen molar-refractivity contribution in [1.29, 1.82) is 0 Å². The molecule has 1 aliphatic heterocycles. The first-order chi connectivity index (χ1) is 24.8. The molecule has 1 aromatic heterocycles. The summed E-state index contributed by atoms with van der Waals surface area (Å²) in [7, 11) is 0. The summed E-state index contributed by atoms with van der Waals surface area (Å²) in [6, 6.07) is 8.57. The van der Waals surface area contributed by atoms with Gasteiger partial charge in [-0.2, -0.15) is 0 Å². The van der Waals surface area contributed by atoms with Crippen molar-refractivity contribution < 1.29 is 48.1 Å². The number of carbonyl (C=O) groups is 5. The number of ketones is 4. The quantitative estimate of drug-likeness (QED) is 0.140. The highest BCUT2D eigenvalue weighted by Crippen LogP contribution is 2.81. The van der Waals surface area contributed by atoms with Crippen LogP contribution in [-0.2, 0) is 28.7 Å². The van der Waals surface area contributed by atoms with Gasteiger partial charge in [0, 0.05) is 40.4 Å². The molecule has 0 radical (unpaired) electrons. The summed E-state index contributed by atoms with van der Waals surface area (Å²) in [5.41, 5.74) is -1.12. The second-order valence-electron chi connectivity index (χ2n) is 16.8. The molecule has 0 bridgehead atoms. The Morgan fingerprint density at radius 3 is 2.25 bits per heavy atom. The molecule has 0 amide bonds. The predicted molar refractivity (Wildman–Crippen MR) is 194 cm³/mol. The Labute approximate surface area is 308 Å². The van der Waals surface area contributed by atoms with E-state index in [1.54, 1.807) is 62.8 Å². The van der Waals surface area contributed by atoms with E-state index in [4.69, 9.17) is 13.9 Å². The summed E-state index contributed by atoms with van der Waals surface area (Å²) in [5, 5.41) is 21.6. The maximum absolute atomic E-state index is 14.3. The van der Waals surface area contributed by atoms with Crippen LogP contribution in [0.4, 0.5) is 0 Å². The van der Waals surface area contributed by atoms with Crippen LogP contribution >= 0.6 is 0 Å². The highest BCUT2D eigenvalue weighted by Gasteiger charge is 2.89. The van der Waals surface area contributed by atoms with Crippen molar-refractivity contribution >= 4 is 34.9 Å². The SMILES string of the molecule is CC(=O)OC1CC2(C)C(c3ccoc3)CC3OC32C2(C)C(=O)C(O)=C3C(C)(C)C(=O)C=CC3(C)C12.CC(C)=CCC1=C(O)c2ccccc2C(=O)C1=O. The average molecular weight is 723 g/mol. The molecule has 3 fully saturated rings. The highest BCUT2D eigenvalue weighted by atomic mass is 16.6. The molecule has 2 N–H and O–H groups in total. The number of fused-ring (bicyclic) bond motifs is 4. The molecule has 2 aromatic rings. The number of allylic oxidation sites excluding steroid dienone is 7. The fraction of sp³-hybridized carbons (Fsp3) is 0.465. The van der Waals surface area contributed by atoms with Crippen LogP contribution in [0.5, 0.6) is 0 Å². The molecular formula is C43H46O10. The van der Waals surface area contributed by atoms with Crippen LogP contribution in [0.3, 0.4) is 0 Å². The zero-order valence-corrected chi connectivity index (χ0v) is 31.4. The van der Waals surface area contributed by atoms with Gasteiger partial charge in [0.25, 0.3) is 0 Å². The number of ether oxygens (including phenoxy) is 2. The number of esters is 1. The largest absolute Gasteiger partial charge is 0.507 e. The molecule has 5 aliphatic carbocycles. The van der Waals surface area contributed by atoms with E-state index in [2.05, 4.69) is 6.92 Å². The average Bonchev–Trinajstić information content (AvgIpc) is 3.45. The summed E-state index contributed by atoms with van der Waals surface area (Å²) in [4.78, 5) is 63.4. The maximum Gasteiger partial charge on any atom is 0.302 e. The predicted octanol–water partition coefficient (Wildman–Crippen LogP) is 7.51. The van der Waals surface area contributed by atoms with Crippen molar-refractivity contribution in [2.45, 2.75) is 98.4 Å². The number of rotatable bonds is 4. The number of benzene rings is 1. The first kappa shape index (κ1) is 36.5.